The molecule has 1 N–H and O–H groups in total. The third-order valence-corrected chi connectivity index (χ3v) is 4.91. The van der Waals surface area contributed by atoms with Crippen LogP contribution in [0.5, 0.6) is 0 Å². The van der Waals surface area contributed by atoms with Crippen molar-refractivity contribution in [2.45, 2.75) is 91.0 Å². The lowest BCUT2D eigenvalue weighted by Crippen LogP contribution is -2.39. The normalized spacial score (nSPS) is 11.7. The van der Waals surface area contributed by atoms with E-state index >= 15 is 0 Å². The number of nitrogens with one attached hydrogen (secondary N) is 1. The molecule has 0 unspecified atom stereocenters. The highest BCUT2D eigenvalue weighted by Gasteiger charge is 2.13. The van der Waals surface area contributed by atoms with E-state index in [4.69, 9.17) is 4.74 Å². The van der Waals surface area contributed by atoms with Gasteiger partial charge in [-0.15, -0.1) is 0 Å². The summed E-state index contributed by atoms with van der Waals surface area (Å²) < 4.78 is 5.02. The van der Waals surface area contributed by atoms with Gasteiger partial charge in [-0.25, -0.2) is 0 Å². The molecule has 0 spiro atoms. The van der Waals surface area contributed by atoms with Crippen molar-refractivity contribution in [1.29, 1.82) is 0 Å². The van der Waals surface area contributed by atoms with Crippen LogP contribution in [0.2, 0.25) is 0 Å². The number of Topliss-reactive ketones (excluding diaryl/α,β-unsaturated/α-hetero) is 1. The van der Waals surface area contributed by atoms with Gasteiger partial charge in [0.25, 0.3) is 0 Å². The van der Waals surface area contributed by atoms with E-state index in [9.17, 15) is 14.4 Å². The minimum Gasteiger partial charge on any atom is -0.464 e. The molecule has 0 saturated heterocycles. The highest BCUT2D eigenvalue weighted by molar-refractivity contribution is 5.96. The second kappa shape index (κ2) is 14.8. The van der Waals surface area contributed by atoms with Crippen molar-refractivity contribution in [1.82, 2.24) is 5.32 Å². The van der Waals surface area contributed by atoms with Crippen LogP contribution in [-0.4, -0.2) is 30.3 Å². The number of unbranched alkanes of at least 4 members (excludes halogenated alkanes) is 7. The van der Waals surface area contributed by atoms with Crippen LogP contribution >= 0.6 is 0 Å². The minimum absolute atomic E-state index is 0.133. The summed E-state index contributed by atoms with van der Waals surface area (Å²) in [5.41, 5.74) is 1.72. The van der Waals surface area contributed by atoms with Crippen LogP contribution in [-0.2, 0) is 20.7 Å². The topological polar surface area (TPSA) is 72.5 Å². The fourth-order valence-electron chi connectivity index (χ4n) is 3.33. The summed E-state index contributed by atoms with van der Waals surface area (Å²) in [5.74, 6) is -0.359. The van der Waals surface area contributed by atoms with Gasteiger partial charge < -0.3 is 10.1 Å². The average molecular weight is 404 g/mol. The molecule has 0 heterocycles. The molecular formula is C24H37NO4. The summed E-state index contributed by atoms with van der Waals surface area (Å²) in [6, 6.07) is 7.22. The van der Waals surface area contributed by atoms with E-state index in [1.165, 1.54) is 52.4 Å². The van der Waals surface area contributed by atoms with Crippen LogP contribution in [0, 0.1) is 0 Å². The van der Waals surface area contributed by atoms with Gasteiger partial charge in [0, 0.05) is 25.8 Å². The van der Waals surface area contributed by atoms with Gasteiger partial charge in [0.1, 0.15) is 6.61 Å². The van der Waals surface area contributed by atoms with Gasteiger partial charge in [0.2, 0.25) is 5.91 Å². The van der Waals surface area contributed by atoms with E-state index < -0.39 is 0 Å². The Morgan fingerprint density at radius 3 is 2.03 bits per heavy atom. The van der Waals surface area contributed by atoms with E-state index in [1.807, 2.05) is 24.3 Å². The second-order valence-corrected chi connectivity index (χ2v) is 7.75. The number of ketones is 1. The SMILES string of the molecule is CCCCCCCCCCC(=O)c1ccc(C[C@@H](COC(C)=O)NC(C)=O)cc1. The van der Waals surface area contributed by atoms with Gasteiger partial charge in [0.15, 0.2) is 5.78 Å². The van der Waals surface area contributed by atoms with Crippen molar-refractivity contribution in [2.24, 2.45) is 0 Å². The molecule has 0 aliphatic rings. The number of ether oxygens (including phenoxy) is 1. The van der Waals surface area contributed by atoms with Crippen molar-refractivity contribution >= 4 is 17.7 Å². The zero-order valence-corrected chi connectivity index (χ0v) is 18.3. The molecule has 1 atom stereocenters. The zero-order chi connectivity index (χ0) is 21.5. The van der Waals surface area contributed by atoms with Gasteiger partial charge in [-0.2, -0.15) is 0 Å². The fraction of sp³-hybridized carbons (Fsp3) is 0.625. The second-order valence-electron chi connectivity index (χ2n) is 7.75. The molecule has 29 heavy (non-hydrogen) atoms. The molecule has 0 fully saturated rings. The molecule has 5 heteroatoms. The van der Waals surface area contributed by atoms with Gasteiger partial charge in [-0.3, -0.25) is 14.4 Å². The number of carbonyl (C=O) groups is 3. The Bertz CT molecular complexity index is 624. The lowest BCUT2D eigenvalue weighted by Gasteiger charge is -2.17. The lowest BCUT2D eigenvalue weighted by molar-refractivity contribution is -0.142. The molecule has 0 aliphatic heterocycles. The lowest BCUT2D eigenvalue weighted by atomic mass is 10.00. The molecule has 0 radical (unpaired) electrons. The predicted octanol–water partition coefficient (Wildman–Crippen LogP) is 5.01. The minimum atomic E-state index is -0.373. The number of hydrogen-bond donors (Lipinski definition) is 1. The summed E-state index contributed by atoms with van der Waals surface area (Å²) in [4.78, 5) is 34.7. The Kier molecular flexibility index (Phi) is 12.7. The van der Waals surface area contributed by atoms with Crippen molar-refractivity contribution in [2.75, 3.05) is 6.61 Å². The van der Waals surface area contributed by atoms with Crippen molar-refractivity contribution < 1.29 is 19.1 Å². The molecule has 1 aromatic carbocycles. The number of benzene rings is 1. The maximum Gasteiger partial charge on any atom is 0.302 e. The maximum absolute atomic E-state index is 12.4. The third kappa shape index (κ3) is 12.1. The van der Waals surface area contributed by atoms with Crippen LogP contribution in [0.3, 0.4) is 0 Å². The molecule has 1 amide bonds. The molecule has 0 aliphatic carbocycles. The first-order valence-electron chi connectivity index (χ1n) is 10.9. The number of carbonyl (C=O) groups excluding carboxylic acids is 3. The van der Waals surface area contributed by atoms with E-state index in [2.05, 4.69) is 12.2 Å². The molecule has 1 aromatic rings. The summed E-state index contributed by atoms with van der Waals surface area (Å²) in [6.07, 6.45) is 10.9. The summed E-state index contributed by atoms with van der Waals surface area (Å²) in [7, 11) is 0. The van der Waals surface area contributed by atoms with Gasteiger partial charge in [0.05, 0.1) is 6.04 Å². The van der Waals surface area contributed by atoms with E-state index in [0.29, 0.717) is 12.8 Å². The van der Waals surface area contributed by atoms with Crippen LogP contribution in [0.1, 0.15) is 94.5 Å². The van der Waals surface area contributed by atoms with E-state index in [1.54, 1.807) is 0 Å². The van der Waals surface area contributed by atoms with Crippen LogP contribution < -0.4 is 5.32 Å². The predicted molar refractivity (Wildman–Crippen MR) is 116 cm³/mol. The number of hydrogen-bond acceptors (Lipinski definition) is 4. The molecule has 0 aromatic heterocycles. The molecule has 5 nitrogen and oxygen atoms in total. The highest BCUT2D eigenvalue weighted by atomic mass is 16.5. The first-order chi connectivity index (χ1) is 13.9. The van der Waals surface area contributed by atoms with Gasteiger partial charge in [-0.05, 0) is 18.4 Å². The van der Waals surface area contributed by atoms with Crippen LogP contribution in [0.4, 0.5) is 0 Å². The Morgan fingerprint density at radius 2 is 1.48 bits per heavy atom. The monoisotopic (exact) mass is 403 g/mol. The standard InChI is InChI=1S/C24H37NO4/c1-4-5-6-7-8-9-10-11-12-24(28)22-15-13-21(14-16-22)17-23(25-19(2)26)18-29-20(3)27/h13-16,23H,4-12,17-18H2,1-3H3,(H,25,26)/t23-/m0/s1. The Hall–Kier alpha value is -2.17. The van der Waals surface area contributed by atoms with E-state index in [-0.39, 0.29) is 30.3 Å². The summed E-state index contributed by atoms with van der Waals surface area (Å²) in [6.45, 7) is 5.14. The van der Waals surface area contributed by atoms with Crippen molar-refractivity contribution in [3.63, 3.8) is 0 Å². The largest absolute Gasteiger partial charge is 0.464 e. The first-order valence-corrected chi connectivity index (χ1v) is 10.9. The van der Waals surface area contributed by atoms with Crippen molar-refractivity contribution in [3.8, 4) is 0 Å². The van der Waals surface area contributed by atoms with E-state index in [0.717, 1.165) is 24.0 Å². The van der Waals surface area contributed by atoms with Gasteiger partial charge in [-0.1, -0.05) is 76.1 Å². The van der Waals surface area contributed by atoms with Crippen LogP contribution in [0.15, 0.2) is 24.3 Å². The Balaban J connectivity index is 2.39. The Labute approximate surface area is 175 Å². The summed E-state index contributed by atoms with van der Waals surface area (Å²) >= 11 is 0. The Morgan fingerprint density at radius 1 is 0.897 bits per heavy atom. The van der Waals surface area contributed by atoms with Crippen molar-refractivity contribution in [3.05, 3.63) is 35.4 Å². The zero-order valence-electron chi connectivity index (χ0n) is 18.3. The molecule has 0 saturated carbocycles. The van der Waals surface area contributed by atoms with Crippen LogP contribution in [0.25, 0.3) is 0 Å². The third-order valence-electron chi connectivity index (χ3n) is 4.91. The average Bonchev–Trinajstić information content (AvgIpc) is 2.68. The molecule has 162 valence electrons. The number of esters is 1. The fourth-order valence-corrected chi connectivity index (χ4v) is 3.33. The molecule has 1 rings (SSSR count). The molecular weight excluding hydrogens is 366 g/mol. The summed E-state index contributed by atoms with van der Waals surface area (Å²) in [5, 5.41) is 2.79. The molecule has 0 bridgehead atoms. The number of rotatable bonds is 15. The smallest absolute Gasteiger partial charge is 0.302 e. The quantitative estimate of drug-likeness (QED) is 0.254. The first kappa shape index (κ1) is 24.9. The number of amides is 1. The van der Waals surface area contributed by atoms with Gasteiger partial charge >= 0.3 is 5.97 Å². The maximum atomic E-state index is 12.4. The highest BCUT2D eigenvalue weighted by Crippen LogP contribution is 2.14.